The van der Waals surface area contributed by atoms with E-state index in [-0.39, 0.29) is 0 Å². The largest absolute Gasteiger partial charge is 0.433 e. The maximum absolute atomic E-state index is 14.9. The first-order valence-corrected chi connectivity index (χ1v) is 7.54. The highest BCUT2D eigenvalue weighted by molar-refractivity contribution is 5.29. The molecule has 0 spiro atoms. The Balaban J connectivity index is 2.05. The fraction of sp³-hybridized carbons (Fsp3) is 0.176. The van der Waals surface area contributed by atoms with Crippen molar-refractivity contribution in [1.29, 1.82) is 0 Å². The van der Waals surface area contributed by atoms with E-state index >= 15 is 0 Å². The summed E-state index contributed by atoms with van der Waals surface area (Å²) in [6.07, 6.45) is -2.35. The van der Waals surface area contributed by atoms with Crippen molar-refractivity contribution in [1.82, 2.24) is 14.8 Å². The van der Waals surface area contributed by atoms with Crippen molar-refractivity contribution in [3.63, 3.8) is 0 Å². The summed E-state index contributed by atoms with van der Waals surface area (Å²) in [7, 11) is 0. The summed E-state index contributed by atoms with van der Waals surface area (Å²) < 4.78 is 75.6. The SMILES string of the molecule is OC(Cn1cncn1)(c1ccc(F)cc1F)C(F)(F)Oc1ccc(F)cc1. The van der Waals surface area contributed by atoms with Crippen molar-refractivity contribution >= 4 is 0 Å². The number of aliphatic hydroxyl groups is 1. The molecule has 27 heavy (non-hydrogen) atoms. The predicted molar refractivity (Wildman–Crippen MR) is 82.3 cm³/mol. The summed E-state index contributed by atoms with van der Waals surface area (Å²) in [5, 5.41) is 14.4. The van der Waals surface area contributed by atoms with Gasteiger partial charge in [0.1, 0.15) is 35.9 Å². The fourth-order valence-corrected chi connectivity index (χ4v) is 2.44. The minimum atomic E-state index is -4.41. The van der Waals surface area contributed by atoms with E-state index in [1.165, 1.54) is 0 Å². The molecule has 1 unspecified atom stereocenters. The van der Waals surface area contributed by atoms with Crippen molar-refractivity contribution < 1.29 is 31.8 Å². The number of halogens is 5. The van der Waals surface area contributed by atoms with E-state index in [1.54, 1.807) is 0 Å². The van der Waals surface area contributed by atoms with Gasteiger partial charge in [0.2, 0.25) is 5.60 Å². The summed E-state index contributed by atoms with van der Waals surface area (Å²) in [5.41, 5.74) is -4.20. The lowest BCUT2D eigenvalue weighted by atomic mass is 9.91. The number of ether oxygens (including phenoxy) is 1. The second kappa shape index (κ2) is 6.95. The van der Waals surface area contributed by atoms with Crippen LogP contribution in [-0.2, 0) is 12.1 Å². The number of alkyl halides is 2. The number of hydrogen-bond acceptors (Lipinski definition) is 4. The summed E-state index contributed by atoms with van der Waals surface area (Å²) in [6.45, 7) is -0.955. The molecule has 3 rings (SSSR count). The lowest BCUT2D eigenvalue weighted by Crippen LogP contribution is -2.52. The van der Waals surface area contributed by atoms with E-state index in [2.05, 4.69) is 14.8 Å². The molecule has 5 nitrogen and oxygen atoms in total. The Hall–Kier alpha value is -3.01. The Morgan fingerprint density at radius 3 is 2.26 bits per heavy atom. The van der Waals surface area contributed by atoms with Crippen LogP contribution in [0.15, 0.2) is 55.1 Å². The summed E-state index contributed by atoms with van der Waals surface area (Å²) in [6, 6.07) is 5.35. The quantitative estimate of drug-likeness (QED) is 0.662. The molecule has 0 saturated heterocycles. The van der Waals surface area contributed by atoms with Crippen LogP contribution in [-0.4, -0.2) is 26.0 Å². The van der Waals surface area contributed by atoms with E-state index in [0.717, 1.165) is 47.7 Å². The average molecular weight is 385 g/mol. The molecule has 0 fully saturated rings. The topological polar surface area (TPSA) is 60.2 Å². The van der Waals surface area contributed by atoms with Gasteiger partial charge in [-0.25, -0.2) is 22.8 Å². The van der Waals surface area contributed by atoms with Crippen LogP contribution < -0.4 is 4.74 Å². The lowest BCUT2D eigenvalue weighted by Gasteiger charge is -2.35. The fourth-order valence-electron chi connectivity index (χ4n) is 2.44. The molecule has 1 N–H and O–H groups in total. The highest BCUT2D eigenvalue weighted by Crippen LogP contribution is 2.41. The molecular formula is C17H12F5N3O2. The second-order valence-electron chi connectivity index (χ2n) is 5.65. The van der Waals surface area contributed by atoms with Gasteiger partial charge in [-0.2, -0.15) is 13.9 Å². The van der Waals surface area contributed by atoms with Gasteiger partial charge in [-0.1, -0.05) is 0 Å². The Bertz CT molecular complexity index is 919. The van der Waals surface area contributed by atoms with E-state index in [0.29, 0.717) is 12.1 Å². The van der Waals surface area contributed by atoms with Gasteiger partial charge in [-0.15, -0.1) is 0 Å². The zero-order valence-corrected chi connectivity index (χ0v) is 13.5. The first-order chi connectivity index (χ1) is 12.7. The van der Waals surface area contributed by atoms with Gasteiger partial charge in [0, 0.05) is 11.6 Å². The van der Waals surface area contributed by atoms with Crippen molar-refractivity contribution in [3.8, 4) is 5.75 Å². The van der Waals surface area contributed by atoms with Gasteiger partial charge in [-0.05, 0) is 36.4 Å². The standard InChI is InChI=1S/C17H12F5N3O2/c18-11-1-4-13(5-2-11)27-17(21,22)16(26,8-25-10-23-9-24-25)14-6-3-12(19)7-15(14)20/h1-7,9-10,26H,8H2. The van der Waals surface area contributed by atoms with E-state index in [1.807, 2.05) is 0 Å². The van der Waals surface area contributed by atoms with Crippen molar-refractivity contribution in [2.24, 2.45) is 0 Å². The molecule has 3 aromatic rings. The molecule has 1 heterocycles. The van der Waals surface area contributed by atoms with Crippen molar-refractivity contribution in [2.75, 3.05) is 0 Å². The highest BCUT2D eigenvalue weighted by Gasteiger charge is 2.58. The first kappa shape index (κ1) is 18.8. The Kier molecular flexibility index (Phi) is 4.83. The number of rotatable bonds is 6. The van der Waals surface area contributed by atoms with Crippen LogP contribution in [0, 0.1) is 17.5 Å². The zero-order valence-electron chi connectivity index (χ0n) is 13.5. The highest BCUT2D eigenvalue weighted by atomic mass is 19.3. The zero-order chi connectivity index (χ0) is 19.7. The Morgan fingerprint density at radius 2 is 1.67 bits per heavy atom. The Morgan fingerprint density at radius 1 is 1.00 bits per heavy atom. The van der Waals surface area contributed by atoms with Crippen LogP contribution >= 0.6 is 0 Å². The van der Waals surface area contributed by atoms with Crippen LogP contribution in [0.2, 0.25) is 0 Å². The number of benzene rings is 2. The van der Waals surface area contributed by atoms with Crippen LogP contribution in [0.4, 0.5) is 22.0 Å². The molecule has 142 valence electrons. The molecular weight excluding hydrogens is 373 g/mol. The molecule has 0 aliphatic rings. The van der Waals surface area contributed by atoms with Crippen LogP contribution in [0.25, 0.3) is 0 Å². The van der Waals surface area contributed by atoms with Gasteiger partial charge in [0.05, 0.1) is 6.54 Å². The van der Waals surface area contributed by atoms with Crippen LogP contribution in [0.1, 0.15) is 5.56 Å². The van der Waals surface area contributed by atoms with Crippen LogP contribution in [0.3, 0.4) is 0 Å². The number of nitrogens with zero attached hydrogens (tertiary/aromatic N) is 3. The first-order valence-electron chi connectivity index (χ1n) is 7.54. The molecule has 0 saturated carbocycles. The molecule has 0 aliphatic carbocycles. The molecule has 10 heteroatoms. The van der Waals surface area contributed by atoms with Gasteiger partial charge < -0.3 is 9.84 Å². The third kappa shape index (κ3) is 3.75. The normalized spacial score (nSPS) is 14.0. The Labute approximate surface area is 149 Å². The third-order valence-corrected chi connectivity index (χ3v) is 3.78. The predicted octanol–water partition coefficient (Wildman–Crippen LogP) is 3.26. The van der Waals surface area contributed by atoms with E-state index in [4.69, 9.17) is 0 Å². The summed E-state index contributed by atoms with van der Waals surface area (Å²) >= 11 is 0. The minimum absolute atomic E-state index is 0.357. The van der Waals surface area contributed by atoms with Gasteiger partial charge in [0.25, 0.3) is 0 Å². The van der Waals surface area contributed by atoms with E-state index in [9.17, 15) is 27.1 Å². The molecule has 2 aromatic carbocycles. The van der Waals surface area contributed by atoms with E-state index < -0.39 is 47.0 Å². The smallest absolute Gasteiger partial charge is 0.430 e. The molecule has 0 amide bonds. The van der Waals surface area contributed by atoms with Gasteiger partial charge >= 0.3 is 6.11 Å². The molecule has 1 atom stereocenters. The van der Waals surface area contributed by atoms with Crippen molar-refractivity contribution in [2.45, 2.75) is 18.3 Å². The van der Waals surface area contributed by atoms with Gasteiger partial charge in [-0.3, -0.25) is 0 Å². The molecule has 0 aliphatic heterocycles. The number of aromatic nitrogens is 3. The van der Waals surface area contributed by atoms with Crippen molar-refractivity contribution in [3.05, 3.63) is 78.1 Å². The maximum atomic E-state index is 14.9. The average Bonchev–Trinajstić information content (AvgIpc) is 3.09. The maximum Gasteiger partial charge on any atom is 0.433 e. The number of hydrogen-bond donors (Lipinski definition) is 1. The molecule has 0 radical (unpaired) electrons. The third-order valence-electron chi connectivity index (χ3n) is 3.78. The summed E-state index contributed by atoms with van der Waals surface area (Å²) in [4.78, 5) is 3.57. The van der Waals surface area contributed by atoms with Gasteiger partial charge in [0.15, 0.2) is 0 Å². The second-order valence-corrected chi connectivity index (χ2v) is 5.65. The molecule has 0 bridgehead atoms. The lowest BCUT2D eigenvalue weighted by molar-refractivity contribution is -0.301. The minimum Gasteiger partial charge on any atom is -0.430 e. The van der Waals surface area contributed by atoms with Crippen LogP contribution in [0.5, 0.6) is 5.75 Å². The summed E-state index contributed by atoms with van der Waals surface area (Å²) in [5.74, 6) is -3.57. The monoisotopic (exact) mass is 385 g/mol. The molecule has 1 aromatic heterocycles.